The number of likely N-dealkylation sites (N-methyl/N-ethyl adjacent to an activating group) is 1. The zero-order chi connectivity index (χ0) is 15.7. The highest BCUT2D eigenvalue weighted by molar-refractivity contribution is 6.00. The van der Waals surface area contributed by atoms with Crippen LogP contribution in [0.1, 0.15) is 24.0 Å². The zero-order valence-corrected chi connectivity index (χ0v) is 12.4. The third-order valence-electron chi connectivity index (χ3n) is 3.66. The highest BCUT2D eigenvalue weighted by atomic mass is 16.2. The Morgan fingerprint density at radius 3 is 3.05 bits per heavy atom. The Morgan fingerprint density at radius 2 is 2.32 bits per heavy atom. The van der Waals surface area contributed by atoms with Crippen molar-refractivity contribution in [3.8, 4) is 0 Å². The molecule has 2 amide bonds. The number of nitrogens with one attached hydrogen (secondary N) is 1. The predicted octanol–water partition coefficient (Wildman–Crippen LogP) is -0.340. The normalized spacial score (nSPS) is 18.0. The van der Waals surface area contributed by atoms with Gasteiger partial charge in [0, 0.05) is 26.2 Å². The van der Waals surface area contributed by atoms with Gasteiger partial charge in [-0.3, -0.25) is 19.2 Å². The fourth-order valence-corrected chi connectivity index (χ4v) is 2.41. The van der Waals surface area contributed by atoms with E-state index in [-0.39, 0.29) is 11.7 Å². The highest BCUT2D eigenvalue weighted by Crippen LogP contribution is 2.18. The van der Waals surface area contributed by atoms with Crippen molar-refractivity contribution in [2.75, 3.05) is 11.9 Å². The maximum Gasteiger partial charge on any atom is 0.291 e. The summed E-state index contributed by atoms with van der Waals surface area (Å²) in [5.74, 6) is 0.162. The Hall–Kier alpha value is -2.71. The Kier molecular flexibility index (Phi) is 3.61. The molecule has 3 heterocycles. The van der Waals surface area contributed by atoms with Crippen molar-refractivity contribution in [3.05, 3.63) is 24.4 Å². The van der Waals surface area contributed by atoms with Gasteiger partial charge >= 0.3 is 0 Å². The second kappa shape index (κ2) is 5.58. The van der Waals surface area contributed by atoms with Crippen LogP contribution in [0.2, 0.25) is 0 Å². The number of carbonyl (C=O) groups excluding carboxylic acids is 2. The number of rotatable bonds is 3. The number of amides is 2. The summed E-state index contributed by atoms with van der Waals surface area (Å²) < 4.78 is 3.31. The molecule has 1 atom stereocenters. The van der Waals surface area contributed by atoms with E-state index in [4.69, 9.17) is 0 Å². The highest BCUT2D eigenvalue weighted by Gasteiger charge is 2.30. The minimum absolute atomic E-state index is 0.0688. The predicted molar refractivity (Wildman–Crippen MR) is 77.2 cm³/mol. The molecule has 0 saturated carbocycles. The van der Waals surface area contributed by atoms with Crippen LogP contribution in [-0.4, -0.2) is 49.4 Å². The van der Waals surface area contributed by atoms with Gasteiger partial charge in [-0.15, -0.1) is 5.10 Å². The van der Waals surface area contributed by atoms with Crippen LogP contribution in [0.3, 0.4) is 0 Å². The molecule has 2 aromatic heterocycles. The van der Waals surface area contributed by atoms with Crippen LogP contribution in [0.25, 0.3) is 0 Å². The molecule has 9 heteroatoms. The van der Waals surface area contributed by atoms with Crippen LogP contribution in [0.5, 0.6) is 0 Å². The number of nitrogens with zero attached hydrogens (tertiary/aromatic N) is 6. The molecule has 3 rings (SSSR count). The molecule has 0 aliphatic carbocycles. The zero-order valence-electron chi connectivity index (χ0n) is 12.4. The number of anilines is 1. The number of fused-ring (bicyclic) bond motifs is 1. The first-order valence-electron chi connectivity index (χ1n) is 7.10. The first kappa shape index (κ1) is 14.2. The van der Waals surface area contributed by atoms with E-state index in [9.17, 15) is 9.59 Å². The molecule has 2 aromatic rings. The van der Waals surface area contributed by atoms with Gasteiger partial charge in [-0.2, -0.15) is 5.10 Å². The van der Waals surface area contributed by atoms with E-state index < -0.39 is 11.9 Å². The summed E-state index contributed by atoms with van der Waals surface area (Å²) in [6, 6.07) is 1.15. The van der Waals surface area contributed by atoms with Gasteiger partial charge in [0.05, 0.1) is 6.20 Å². The van der Waals surface area contributed by atoms with E-state index in [2.05, 4.69) is 20.5 Å². The van der Waals surface area contributed by atoms with Crippen LogP contribution in [-0.2, 0) is 17.9 Å². The molecular weight excluding hydrogens is 286 g/mol. The number of carbonyl (C=O) groups is 2. The van der Waals surface area contributed by atoms with Crippen LogP contribution < -0.4 is 10.2 Å². The molecule has 1 aliphatic rings. The molecule has 0 fully saturated rings. The lowest BCUT2D eigenvalue weighted by Crippen LogP contribution is -2.47. The minimum Gasteiger partial charge on any atom is -0.337 e. The van der Waals surface area contributed by atoms with Crippen molar-refractivity contribution < 1.29 is 9.59 Å². The molecule has 1 aliphatic heterocycles. The van der Waals surface area contributed by atoms with Crippen molar-refractivity contribution in [1.29, 1.82) is 0 Å². The molecule has 22 heavy (non-hydrogen) atoms. The van der Waals surface area contributed by atoms with E-state index in [1.54, 1.807) is 28.7 Å². The van der Waals surface area contributed by atoms with Crippen molar-refractivity contribution >= 4 is 17.6 Å². The fourth-order valence-electron chi connectivity index (χ4n) is 2.41. The summed E-state index contributed by atoms with van der Waals surface area (Å²) in [5, 5.41) is 10.9. The van der Waals surface area contributed by atoms with Crippen molar-refractivity contribution in [1.82, 2.24) is 29.9 Å². The van der Waals surface area contributed by atoms with Gasteiger partial charge in [-0.05, 0) is 13.3 Å². The molecule has 0 bridgehead atoms. The molecule has 0 saturated heterocycles. The smallest absolute Gasteiger partial charge is 0.291 e. The van der Waals surface area contributed by atoms with Crippen LogP contribution in [0.4, 0.5) is 5.82 Å². The molecule has 0 unspecified atom stereocenters. The molecule has 0 radical (unpaired) electrons. The summed E-state index contributed by atoms with van der Waals surface area (Å²) >= 11 is 0. The average molecular weight is 303 g/mol. The van der Waals surface area contributed by atoms with Gasteiger partial charge in [0.2, 0.25) is 5.82 Å². The van der Waals surface area contributed by atoms with Gasteiger partial charge in [-0.25, -0.2) is 9.67 Å². The summed E-state index contributed by atoms with van der Waals surface area (Å²) in [4.78, 5) is 30.1. The quantitative estimate of drug-likeness (QED) is 0.836. The van der Waals surface area contributed by atoms with E-state index in [1.807, 2.05) is 6.92 Å². The van der Waals surface area contributed by atoms with E-state index in [0.29, 0.717) is 19.5 Å². The van der Waals surface area contributed by atoms with Crippen LogP contribution in [0, 0.1) is 0 Å². The molecular formula is C13H17N7O2. The van der Waals surface area contributed by atoms with Crippen molar-refractivity contribution in [2.24, 2.45) is 0 Å². The standard InChI is InChI=1S/C13H17N7O2/c1-3-19-8-14-11(17-19)12(21)16-9-5-7-20-10(4-6-15-20)18(2)13(9)22/h4,6,8-9H,3,5,7H2,1-2H3,(H,16,21)/t9-/m0/s1. The van der Waals surface area contributed by atoms with Crippen LogP contribution >= 0.6 is 0 Å². The SMILES string of the molecule is CCn1cnc(C(=O)N[C@H]2CCn3nccc3N(C)C2=O)n1. The number of hydrogen-bond acceptors (Lipinski definition) is 5. The van der Waals surface area contributed by atoms with Gasteiger partial charge in [-0.1, -0.05) is 0 Å². The second-order valence-corrected chi connectivity index (χ2v) is 5.05. The molecule has 0 aromatic carbocycles. The third kappa shape index (κ3) is 2.45. The lowest BCUT2D eigenvalue weighted by Gasteiger charge is -2.19. The first-order chi connectivity index (χ1) is 10.6. The van der Waals surface area contributed by atoms with Gasteiger partial charge in [0.15, 0.2) is 0 Å². The summed E-state index contributed by atoms with van der Waals surface area (Å²) in [7, 11) is 1.67. The lowest BCUT2D eigenvalue weighted by molar-refractivity contribution is -0.120. The van der Waals surface area contributed by atoms with Gasteiger partial charge < -0.3 is 5.32 Å². The summed E-state index contributed by atoms with van der Waals surface area (Å²) in [6.07, 6.45) is 3.61. The Labute approximate surface area is 126 Å². The van der Waals surface area contributed by atoms with E-state index in [1.165, 1.54) is 11.2 Å². The monoisotopic (exact) mass is 303 g/mol. The molecule has 0 spiro atoms. The number of aryl methyl sites for hydroxylation is 2. The van der Waals surface area contributed by atoms with Crippen molar-refractivity contribution in [3.63, 3.8) is 0 Å². The maximum absolute atomic E-state index is 12.5. The van der Waals surface area contributed by atoms with Crippen molar-refractivity contribution in [2.45, 2.75) is 32.5 Å². The average Bonchev–Trinajstić information content (AvgIpc) is 3.16. The van der Waals surface area contributed by atoms with Gasteiger partial charge in [0.1, 0.15) is 18.2 Å². The van der Waals surface area contributed by atoms with E-state index in [0.717, 1.165) is 5.82 Å². The Bertz CT molecular complexity index is 705. The third-order valence-corrected chi connectivity index (χ3v) is 3.66. The van der Waals surface area contributed by atoms with Gasteiger partial charge in [0.25, 0.3) is 11.8 Å². The lowest BCUT2D eigenvalue weighted by atomic mass is 10.2. The minimum atomic E-state index is -0.618. The molecule has 1 N–H and O–H groups in total. The maximum atomic E-state index is 12.5. The summed E-state index contributed by atoms with van der Waals surface area (Å²) in [5.41, 5.74) is 0. The fraction of sp³-hybridized carbons (Fsp3) is 0.462. The first-order valence-corrected chi connectivity index (χ1v) is 7.10. The molecule has 116 valence electrons. The number of aromatic nitrogens is 5. The Morgan fingerprint density at radius 1 is 1.50 bits per heavy atom. The largest absolute Gasteiger partial charge is 0.337 e. The number of hydrogen-bond donors (Lipinski definition) is 1. The van der Waals surface area contributed by atoms with Crippen LogP contribution in [0.15, 0.2) is 18.6 Å². The topological polar surface area (TPSA) is 97.9 Å². The summed E-state index contributed by atoms with van der Waals surface area (Å²) in [6.45, 7) is 3.09. The molecule has 9 nitrogen and oxygen atoms in total. The Balaban J connectivity index is 1.74. The second-order valence-electron chi connectivity index (χ2n) is 5.05. The van der Waals surface area contributed by atoms with E-state index >= 15 is 0 Å².